The lowest BCUT2D eigenvalue weighted by Crippen LogP contribution is -2.46. The number of benzene rings is 1. The van der Waals surface area contributed by atoms with E-state index in [1.54, 1.807) is 0 Å². The Hall–Kier alpha value is -0.100. The van der Waals surface area contributed by atoms with Gasteiger partial charge in [-0.05, 0) is 18.2 Å². The Kier molecular flexibility index (Phi) is 6.98. The van der Waals surface area contributed by atoms with Gasteiger partial charge in [-0.15, -0.1) is 11.6 Å². The molecule has 0 aromatic heterocycles. The number of alkyl halides is 4. The molecule has 2 N–H and O–H groups in total. The summed E-state index contributed by atoms with van der Waals surface area (Å²) in [6.45, 7) is 0.0714. The molecule has 0 aliphatic heterocycles. The molecule has 1 aromatic rings. The maximum Gasteiger partial charge on any atom is 0.257 e. The van der Waals surface area contributed by atoms with Gasteiger partial charge in [0.15, 0.2) is 6.23 Å². The quantitative estimate of drug-likeness (QED) is 0.604. The second kappa shape index (κ2) is 7.78. The molecule has 1 atom stereocenters. The number of phenolic OH excluding ortho intramolecular Hbond substituents is 1. The van der Waals surface area contributed by atoms with E-state index in [1.165, 1.54) is 18.2 Å². The third kappa shape index (κ3) is 5.35. The van der Waals surface area contributed by atoms with Crippen LogP contribution >= 0.6 is 58.0 Å². The van der Waals surface area contributed by atoms with Gasteiger partial charge in [0.05, 0.1) is 12.2 Å². The zero-order valence-corrected chi connectivity index (χ0v) is 13.7. The molecule has 0 saturated heterocycles. The molecule has 0 radical (unpaired) electrons. The number of hydrogen-bond acceptors (Lipinski definition) is 3. The molecule has 1 aromatic carbocycles. The maximum absolute atomic E-state index is 12.0. The molecule has 0 saturated carbocycles. The molecule has 1 amide bonds. The molecule has 0 heterocycles. The molecule has 4 nitrogen and oxygen atoms in total. The molecule has 1 rings (SSSR count). The highest BCUT2D eigenvalue weighted by Crippen LogP contribution is 2.31. The van der Waals surface area contributed by atoms with E-state index in [0.717, 1.165) is 0 Å². The Balaban J connectivity index is 2.87. The topological polar surface area (TPSA) is 58.6 Å². The van der Waals surface area contributed by atoms with Gasteiger partial charge in [-0.25, -0.2) is 0 Å². The zero-order valence-electron chi connectivity index (χ0n) is 9.88. The van der Waals surface area contributed by atoms with Crippen LogP contribution in [0.2, 0.25) is 5.02 Å². The fraction of sp³-hybridized carbons (Fsp3) is 0.364. The number of ether oxygens (including phenoxy) is 1. The third-order valence-corrected chi connectivity index (χ3v) is 3.11. The van der Waals surface area contributed by atoms with Crippen LogP contribution in [0.5, 0.6) is 5.75 Å². The molecular weight excluding hydrogens is 371 g/mol. The van der Waals surface area contributed by atoms with Crippen LogP contribution in [0.15, 0.2) is 18.2 Å². The van der Waals surface area contributed by atoms with Crippen LogP contribution in [0.25, 0.3) is 0 Å². The number of hydrogen-bond donors (Lipinski definition) is 2. The molecule has 20 heavy (non-hydrogen) atoms. The van der Waals surface area contributed by atoms with Crippen LogP contribution in [0.1, 0.15) is 10.4 Å². The van der Waals surface area contributed by atoms with Gasteiger partial charge < -0.3 is 15.2 Å². The predicted octanol–water partition coefficient (Wildman–Crippen LogP) is 3.73. The highest BCUT2D eigenvalue weighted by molar-refractivity contribution is 6.68. The minimum absolute atomic E-state index is 0.0637. The van der Waals surface area contributed by atoms with Crippen molar-refractivity contribution in [2.45, 2.75) is 10.0 Å². The number of aromatic hydroxyl groups is 1. The van der Waals surface area contributed by atoms with Crippen LogP contribution < -0.4 is 5.32 Å². The summed E-state index contributed by atoms with van der Waals surface area (Å²) >= 11 is 28.3. The second-order valence-corrected chi connectivity index (χ2v) is 6.80. The summed E-state index contributed by atoms with van der Waals surface area (Å²) in [5.41, 5.74) is -0.0637. The van der Waals surface area contributed by atoms with E-state index >= 15 is 0 Å². The number of amides is 1. The molecule has 112 valence electrons. The Bertz CT molecular complexity index is 478. The van der Waals surface area contributed by atoms with Crippen LogP contribution in [-0.2, 0) is 4.74 Å². The van der Waals surface area contributed by atoms with E-state index in [9.17, 15) is 9.90 Å². The highest BCUT2D eigenvalue weighted by Gasteiger charge is 2.35. The second-order valence-electron chi connectivity index (χ2n) is 3.62. The summed E-state index contributed by atoms with van der Waals surface area (Å²) in [5.74, 6) is -0.793. The number of halogens is 5. The highest BCUT2D eigenvalue weighted by atomic mass is 35.6. The van der Waals surface area contributed by atoms with E-state index < -0.39 is 15.9 Å². The van der Waals surface area contributed by atoms with Crippen LogP contribution in [0.3, 0.4) is 0 Å². The summed E-state index contributed by atoms with van der Waals surface area (Å²) < 4.78 is 3.25. The van der Waals surface area contributed by atoms with Gasteiger partial charge in [0.25, 0.3) is 5.91 Å². The molecule has 0 bridgehead atoms. The maximum atomic E-state index is 12.0. The number of carbonyl (C=O) groups excluding carboxylic acids is 1. The summed E-state index contributed by atoms with van der Waals surface area (Å²) in [4.78, 5) is 12.0. The minimum atomic E-state index is -1.89. The van der Waals surface area contributed by atoms with Gasteiger partial charge in [-0.1, -0.05) is 46.4 Å². The molecule has 1 unspecified atom stereocenters. The summed E-state index contributed by atoms with van der Waals surface area (Å²) in [5, 5.41) is 12.2. The number of rotatable bonds is 5. The first-order valence-electron chi connectivity index (χ1n) is 5.29. The molecule has 0 aliphatic rings. The van der Waals surface area contributed by atoms with Crippen LogP contribution in [0.4, 0.5) is 0 Å². The largest absolute Gasteiger partial charge is 0.507 e. The van der Waals surface area contributed by atoms with Crippen LogP contribution in [-0.4, -0.2) is 33.5 Å². The van der Waals surface area contributed by atoms with Crippen molar-refractivity contribution in [3.05, 3.63) is 28.8 Å². The fourth-order valence-electron chi connectivity index (χ4n) is 1.27. The third-order valence-electron chi connectivity index (χ3n) is 2.12. The number of nitrogens with one attached hydrogen (secondary N) is 1. The molecule has 0 spiro atoms. The van der Waals surface area contributed by atoms with Gasteiger partial charge in [0, 0.05) is 10.9 Å². The van der Waals surface area contributed by atoms with Crippen molar-refractivity contribution in [1.82, 2.24) is 5.32 Å². The van der Waals surface area contributed by atoms with Crippen molar-refractivity contribution >= 4 is 63.9 Å². The van der Waals surface area contributed by atoms with Gasteiger partial charge in [-0.3, -0.25) is 4.79 Å². The molecule has 0 fully saturated rings. The van der Waals surface area contributed by atoms with Crippen molar-refractivity contribution in [2.24, 2.45) is 0 Å². The summed E-state index contributed by atoms with van der Waals surface area (Å²) in [6.07, 6.45) is -1.22. The standard InChI is InChI=1S/C11H10Cl5NO3/c12-3-4-20-10(11(14,15)16)17-9(19)7-5-6(13)1-2-8(7)18/h1-2,5,10,18H,3-4H2,(H,17,19). The Morgan fingerprint density at radius 3 is 2.60 bits per heavy atom. The van der Waals surface area contributed by atoms with Gasteiger partial charge in [0.2, 0.25) is 3.79 Å². The van der Waals surface area contributed by atoms with Crippen molar-refractivity contribution < 1.29 is 14.6 Å². The van der Waals surface area contributed by atoms with E-state index in [0.29, 0.717) is 0 Å². The average molecular weight is 381 g/mol. The zero-order chi connectivity index (χ0) is 15.3. The number of phenols is 1. The normalized spacial score (nSPS) is 13.1. The molecule has 0 aliphatic carbocycles. The van der Waals surface area contributed by atoms with Crippen molar-refractivity contribution in [3.8, 4) is 5.75 Å². The first-order valence-corrected chi connectivity index (χ1v) is 7.34. The SMILES string of the molecule is O=C(NC(OCCCl)C(Cl)(Cl)Cl)c1cc(Cl)ccc1O. The van der Waals surface area contributed by atoms with Crippen molar-refractivity contribution in [1.29, 1.82) is 0 Å². The van der Waals surface area contributed by atoms with Crippen molar-refractivity contribution in [2.75, 3.05) is 12.5 Å². The Morgan fingerprint density at radius 2 is 2.05 bits per heavy atom. The van der Waals surface area contributed by atoms with Gasteiger partial charge in [0.1, 0.15) is 5.75 Å². The predicted molar refractivity (Wildman–Crippen MR) is 81.3 cm³/mol. The summed E-state index contributed by atoms with van der Waals surface area (Å²) in [7, 11) is 0. The lowest BCUT2D eigenvalue weighted by atomic mass is 10.2. The fourth-order valence-corrected chi connectivity index (χ4v) is 1.88. The first-order chi connectivity index (χ1) is 9.25. The van der Waals surface area contributed by atoms with Gasteiger partial charge >= 0.3 is 0 Å². The summed E-state index contributed by atoms with van der Waals surface area (Å²) in [6, 6.07) is 3.99. The molecule has 9 heteroatoms. The monoisotopic (exact) mass is 379 g/mol. The Labute approximate surface area is 140 Å². The van der Waals surface area contributed by atoms with E-state index in [4.69, 9.17) is 62.7 Å². The minimum Gasteiger partial charge on any atom is -0.507 e. The van der Waals surface area contributed by atoms with E-state index in [-0.39, 0.29) is 28.8 Å². The Morgan fingerprint density at radius 1 is 1.40 bits per heavy atom. The van der Waals surface area contributed by atoms with E-state index in [1.807, 2.05) is 0 Å². The first kappa shape index (κ1) is 18.0. The van der Waals surface area contributed by atoms with E-state index in [2.05, 4.69) is 5.32 Å². The smallest absolute Gasteiger partial charge is 0.257 e. The lowest BCUT2D eigenvalue weighted by Gasteiger charge is -2.25. The van der Waals surface area contributed by atoms with Gasteiger partial charge in [-0.2, -0.15) is 0 Å². The number of carbonyl (C=O) groups is 1. The lowest BCUT2D eigenvalue weighted by molar-refractivity contribution is 0.0376. The van der Waals surface area contributed by atoms with Crippen LogP contribution in [0, 0.1) is 0 Å². The average Bonchev–Trinajstić information content (AvgIpc) is 2.35. The molecular formula is C11H10Cl5NO3. The van der Waals surface area contributed by atoms with Crippen molar-refractivity contribution in [3.63, 3.8) is 0 Å².